The molecule has 128 valence electrons. The molecule has 1 amide bonds. The van der Waals surface area contributed by atoms with E-state index in [1.165, 1.54) is 24.3 Å². The van der Waals surface area contributed by atoms with Crippen LogP contribution in [0.25, 0.3) is 17.4 Å². The Kier molecular flexibility index (Phi) is 5.57. The Morgan fingerprint density at radius 1 is 1.40 bits per heavy atom. The van der Waals surface area contributed by atoms with Gasteiger partial charge in [0.2, 0.25) is 0 Å². The van der Waals surface area contributed by atoms with Gasteiger partial charge in [0.25, 0.3) is 11.6 Å². The highest BCUT2D eigenvalue weighted by Gasteiger charge is 2.15. The molecule has 2 aromatic rings. The van der Waals surface area contributed by atoms with Gasteiger partial charge in [0.15, 0.2) is 0 Å². The summed E-state index contributed by atoms with van der Waals surface area (Å²) in [5.74, 6) is 0.0402. The Labute approximate surface area is 148 Å². The number of nitro groups is 1. The van der Waals surface area contributed by atoms with Crippen molar-refractivity contribution in [3.05, 3.63) is 56.8 Å². The highest BCUT2D eigenvalue weighted by molar-refractivity contribution is 6.33. The number of nitriles is 1. The maximum absolute atomic E-state index is 11.9. The standard InChI is InChI=1S/C17H14ClN3O4/c1-10(2)20-17(22)11(9-19)7-13-4-6-16(25-13)14-8-12(21(23)24)3-5-15(14)18/h3-8,10H,1-2H3,(H,20,22). The second kappa shape index (κ2) is 7.64. The van der Waals surface area contributed by atoms with Crippen LogP contribution in [0.5, 0.6) is 0 Å². The number of nitro benzene ring substituents is 1. The Balaban J connectivity index is 2.36. The third-order valence-electron chi connectivity index (χ3n) is 3.12. The van der Waals surface area contributed by atoms with Crippen LogP contribution >= 0.6 is 11.6 Å². The van der Waals surface area contributed by atoms with Crippen LogP contribution in [0.1, 0.15) is 19.6 Å². The van der Waals surface area contributed by atoms with Crippen molar-refractivity contribution in [3.8, 4) is 17.4 Å². The lowest BCUT2D eigenvalue weighted by Crippen LogP contribution is -2.30. The average molecular weight is 360 g/mol. The first-order chi connectivity index (χ1) is 11.8. The highest BCUT2D eigenvalue weighted by Crippen LogP contribution is 2.33. The summed E-state index contributed by atoms with van der Waals surface area (Å²) in [6.45, 7) is 3.56. The normalized spacial score (nSPS) is 11.2. The van der Waals surface area contributed by atoms with E-state index in [1.54, 1.807) is 26.0 Å². The number of carbonyl (C=O) groups excluding carboxylic acids is 1. The zero-order valence-corrected chi connectivity index (χ0v) is 14.2. The topological polar surface area (TPSA) is 109 Å². The summed E-state index contributed by atoms with van der Waals surface area (Å²) >= 11 is 6.07. The van der Waals surface area contributed by atoms with Gasteiger partial charge >= 0.3 is 0 Å². The molecule has 0 unspecified atom stereocenters. The maximum Gasteiger partial charge on any atom is 0.270 e. The van der Waals surface area contributed by atoms with Gasteiger partial charge in [-0.1, -0.05) is 11.6 Å². The number of furan rings is 1. The first-order valence-electron chi connectivity index (χ1n) is 7.28. The lowest BCUT2D eigenvalue weighted by atomic mass is 10.1. The van der Waals surface area contributed by atoms with Gasteiger partial charge in [-0.25, -0.2) is 0 Å². The number of benzene rings is 1. The molecule has 7 nitrogen and oxygen atoms in total. The van der Waals surface area contributed by atoms with Gasteiger partial charge < -0.3 is 9.73 Å². The predicted octanol–water partition coefficient (Wildman–Crippen LogP) is 3.94. The van der Waals surface area contributed by atoms with E-state index in [0.717, 1.165) is 0 Å². The van der Waals surface area contributed by atoms with E-state index in [4.69, 9.17) is 21.3 Å². The zero-order valence-electron chi connectivity index (χ0n) is 13.4. The minimum absolute atomic E-state index is 0.111. The Bertz CT molecular complexity index is 894. The van der Waals surface area contributed by atoms with Gasteiger partial charge in [0.05, 0.1) is 9.95 Å². The van der Waals surface area contributed by atoms with Crippen molar-refractivity contribution in [2.24, 2.45) is 0 Å². The van der Waals surface area contributed by atoms with Crippen molar-refractivity contribution in [1.29, 1.82) is 5.26 Å². The molecule has 0 aliphatic rings. The van der Waals surface area contributed by atoms with Crippen LogP contribution in [-0.2, 0) is 4.79 Å². The lowest BCUT2D eigenvalue weighted by molar-refractivity contribution is -0.384. The summed E-state index contributed by atoms with van der Waals surface area (Å²) in [7, 11) is 0. The fraction of sp³-hybridized carbons (Fsp3) is 0.176. The molecule has 1 heterocycles. The first kappa shape index (κ1) is 18.2. The molecule has 2 rings (SSSR count). The minimum Gasteiger partial charge on any atom is -0.457 e. The Hall–Kier alpha value is -3.11. The largest absolute Gasteiger partial charge is 0.457 e. The minimum atomic E-state index is -0.534. The Morgan fingerprint density at radius 2 is 2.12 bits per heavy atom. The van der Waals surface area contributed by atoms with Gasteiger partial charge in [-0.15, -0.1) is 0 Å². The molecule has 0 aliphatic heterocycles. The summed E-state index contributed by atoms with van der Waals surface area (Å²) in [4.78, 5) is 22.3. The van der Waals surface area contributed by atoms with E-state index in [-0.39, 0.29) is 28.1 Å². The fourth-order valence-corrected chi connectivity index (χ4v) is 2.23. The van der Waals surface area contributed by atoms with Crippen LogP contribution in [-0.4, -0.2) is 16.9 Å². The molecule has 0 atom stereocenters. The molecule has 0 saturated carbocycles. The number of amides is 1. The molecule has 1 aromatic carbocycles. The number of nitrogens with zero attached hydrogens (tertiary/aromatic N) is 2. The lowest BCUT2D eigenvalue weighted by Gasteiger charge is -2.06. The Morgan fingerprint density at radius 3 is 2.72 bits per heavy atom. The SMILES string of the molecule is CC(C)NC(=O)C(C#N)=Cc1ccc(-c2cc([N+](=O)[O-])ccc2Cl)o1. The zero-order chi connectivity index (χ0) is 18.6. The van der Waals surface area contributed by atoms with Crippen molar-refractivity contribution in [3.63, 3.8) is 0 Å². The number of hydrogen-bond donors (Lipinski definition) is 1. The molecule has 0 spiro atoms. The average Bonchev–Trinajstić information content (AvgIpc) is 3.00. The van der Waals surface area contributed by atoms with Gasteiger partial charge in [-0.05, 0) is 32.0 Å². The van der Waals surface area contributed by atoms with Crippen LogP contribution in [0.4, 0.5) is 5.69 Å². The van der Waals surface area contributed by atoms with Crippen molar-refractivity contribution in [1.82, 2.24) is 5.32 Å². The van der Waals surface area contributed by atoms with E-state index in [0.29, 0.717) is 11.3 Å². The molecule has 0 bridgehead atoms. The molecule has 0 aliphatic carbocycles. The first-order valence-corrected chi connectivity index (χ1v) is 7.66. The number of carbonyl (C=O) groups is 1. The van der Waals surface area contributed by atoms with Gasteiger partial charge in [-0.3, -0.25) is 14.9 Å². The second-order valence-corrected chi connectivity index (χ2v) is 5.83. The maximum atomic E-state index is 11.9. The number of nitrogens with one attached hydrogen (secondary N) is 1. The van der Waals surface area contributed by atoms with Crippen LogP contribution < -0.4 is 5.32 Å². The summed E-state index contributed by atoms with van der Waals surface area (Å²) in [6, 6.07) is 8.81. The summed E-state index contributed by atoms with van der Waals surface area (Å²) in [5.41, 5.74) is 0.113. The van der Waals surface area contributed by atoms with E-state index in [1.807, 2.05) is 6.07 Å². The third-order valence-corrected chi connectivity index (χ3v) is 3.45. The molecule has 25 heavy (non-hydrogen) atoms. The highest BCUT2D eigenvalue weighted by atomic mass is 35.5. The summed E-state index contributed by atoms with van der Waals surface area (Å²) in [5, 5.41) is 22.9. The van der Waals surface area contributed by atoms with E-state index < -0.39 is 10.8 Å². The van der Waals surface area contributed by atoms with Crippen molar-refractivity contribution >= 4 is 29.3 Å². The molecule has 0 fully saturated rings. The van der Waals surface area contributed by atoms with Crippen LogP contribution in [0.3, 0.4) is 0 Å². The van der Waals surface area contributed by atoms with E-state index in [2.05, 4.69) is 5.32 Å². The van der Waals surface area contributed by atoms with Crippen molar-refractivity contribution in [2.75, 3.05) is 0 Å². The van der Waals surface area contributed by atoms with Gasteiger partial charge in [0, 0.05) is 29.8 Å². The molecule has 1 aromatic heterocycles. The summed E-state index contributed by atoms with van der Waals surface area (Å²) in [6.07, 6.45) is 1.30. The molecule has 0 saturated heterocycles. The van der Waals surface area contributed by atoms with Gasteiger partial charge in [-0.2, -0.15) is 5.26 Å². The smallest absolute Gasteiger partial charge is 0.270 e. The predicted molar refractivity (Wildman–Crippen MR) is 92.7 cm³/mol. The van der Waals surface area contributed by atoms with Crippen LogP contribution in [0.15, 0.2) is 40.3 Å². The van der Waals surface area contributed by atoms with Crippen molar-refractivity contribution < 1.29 is 14.1 Å². The number of hydrogen-bond acceptors (Lipinski definition) is 5. The van der Waals surface area contributed by atoms with Crippen molar-refractivity contribution in [2.45, 2.75) is 19.9 Å². The van der Waals surface area contributed by atoms with Crippen LogP contribution in [0.2, 0.25) is 5.02 Å². The second-order valence-electron chi connectivity index (χ2n) is 5.42. The molecule has 1 N–H and O–H groups in total. The molecule has 0 radical (unpaired) electrons. The molecular formula is C17H14ClN3O4. The third kappa shape index (κ3) is 4.46. The fourth-order valence-electron chi connectivity index (χ4n) is 2.02. The summed E-state index contributed by atoms with van der Waals surface area (Å²) < 4.78 is 5.56. The van der Waals surface area contributed by atoms with E-state index in [9.17, 15) is 14.9 Å². The van der Waals surface area contributed by atoms with Gasteiger partial charge in [0.1, 0.15) is 23.2 Å². The molecule has 8 heteroatoms. The van der Waals surface area contributed by atoms with Crippen LogP contribution in [0, 0.1) is 21.4 Å². The number of halogens is 1. The number of rotatable bonds is 5. The molecular weight excluding hydrogens is 346 g/mol. The quantitative estimate of drug-likeness (QED) is 0.376. The monoisotopic (exact) mass is 359 g/mol. The number of non-ortho nitro benzene ring substituents is 1. The van der Waals surface area contributed by atoms with E-state index >= 15 is 0 Å².